The van der Waals surface area contributed by atoms with Gasteiger partial charge in [-0.1, -0.05) is 33.1 Å². The zero-order chi connectivity index (χ0) is 17.5. The molecule has 0 bridgehead atoms. The Morgan fingerprint density at radius 3 is 2.25 bits per heavy atom. The van der Waals surface area contributed by atoms with Gasteiger partial charge in [0.15, 0.2) is 0 Å². The highest BCUT2D eigenvalue weighted by atomic mass is 16.2. The van der Waals surface area contributed by atoms with Crippen LogP contribution in [0.3, 0.4) is 0 Å². The van der Waals surface area contributed by atoms with E-state index in [9.17, 15) is 9.59 Å². The molecule has 24 heavy (non-hydrogen) atoms. The van der Waals surface area contributed by atoms with Crippen molar-refractivity contribution in [3.63, 3.8) is 0 Å². The van der Waals surface area contributed by atoms with Crippen LogP contribution in [0.1, 0.15) is 52.4 Å². The Morgan fingerprint density at radius 1 is 1.04 bits per heavy atom. The van der Waals surface area contributed by atoms with Gasteiger partial charge in [0.05, 0.1) is 0 Å². The maximum Gasteiger partial charge on any atom is 0.315 e. The molecule has 0 spiro atoms. The molecule has 2 rings (SSSR count). The van der Waals surface area contributed by atoms with Crippen LogP contribution >= 0.6 is 0 Å². The van der Waals surface area contributed by atoms with Crippen LogP contribution in [0.2, 0.25) is 0 Å². The highest BCUT2D eigenvalue weighted by molar-refractivity contribution is 5.87. The summed E-state index contributed by atoms with van der Waals surface area (Å²) in [5, 5.41) is 6.01. The fourth-order valence-electron chi connectivity index (χ4n) is 3.57. The van der Waals surface area contributed by atoms with Gasteiger partial charge in [-0.25, -0.2) is 4.79 Å². The molecule has 1 atom stereocenters. The third kappa shape index (κ3) is 5.96. The average molecular weight is 338 g/mol. The van der Waals surface area contributed by atoms with Gasteiger partial charge >= 0.3 is 6.03 Å². The molecule has 0 unspecified atom stereocenters. The molecule has 6 nitrogen and oxygen atoms in total. The molecule has 0 aromatic heterocycles. The molecule has 1 heterocycles. The summed E-state index contributed by atoms with van der Waals surface area (Å²) in [4.78, 5) is 29.3. The van der Waals surface area contributed by atoms with E-state index in [0.717, 1.165) is 39.0 Å². The van der Waals surface area contributed by atoms with Crippen LogP contribution in [0.5, 0.6) is 0 Å². The van der Waals surface area contributed by atoms with Gasteiger partial charge in [0.25, 0.3) is 0 Å². The van der Waals surface area contributed by atoms with Gasteiger partial charge in [-0.3, -0.25) is 4.79 Å². The largest absolute Gasteiger partial charge is 0.338 e. The van der Waals surface area contributed by atoms with Crippen molar-refractivity contribution >= 4 is 11.9 Å². The third-order valence-corrected chi connectivity index (χ3v) is 5.07. The van der Waals surface area contributed by atoms with Gasteiger partial charge in [0.2, 0.25) is 5.91 Å². The lowest BCUT2D eigenvalue weighted by Crippen LogP contribution is -2.56. The minimum atomic E-state index is -0.419. The van der Waals surface area contributed by atoms with Crippen LogP contribution in [0.15, 0.2) is 0 Å². The Labute approximate surface area is 146 Å². The number of piperazine rings is 1. The van der Waals surface area contributed by atoms with Gasteiger partial charge in [-0.05, 0) is 32.2 Å². The molecule has 1 aliphatic carbocycles. The number of carbonyl (C=O) groups excluding carboxylic acids is 2. The molecule has 2 N–H and O–H groups in total. The normalized spacial score (nSPS) is 21.6. The van der Waals surface area contributed by atoms with E-state index < -0.39 is 6.04 Å². The van der Waals surface area contributed by atoms with Crippen molar-refractivity contribution in [2.75, 3.05) is 33.2 Å². The van der Waals surface area contributed by atoms with E-state index in [1.807, 2.05) is 4.90 Å². The first-order valence-corrected chi connectivity index (χ1v) is 9.50. The van der Waals surface area contributed by atoms with E-state index in [4.69, 9.17) is 0 Å². The smallest absolute Gasteiger partial charge is 0.315 e. The molecule has 2 fully saturated rings. The first-order valence-electron chi connectivity index (χ1n) is 9.50. The SMILES string of the molecule is CC(C)C[C@@H](NC(=O)NC1CCCCC1)C(=O)N1CCN(C)CC1. The van der Waals surface area contributed by atoms with Crippen LogP contribution in [0, 0.1) is 5.92 Å². The molecule has 6 heteroatoms. The average Bonchev–Trinajstić information content (AvgIpc) is 2.55. The number of hydrogen-bond donors (Lipinski definition) is 2. The maximum absolute atomic E-state index is 12.8. The van der Waals surface area contributed by atoms with Crippen molar-refractivity contribution in [2.45, 2.75) is 64.5 Å². The first-order chi connectivity index (χ1) is 11.5. The lowest BCUT2D eigenvalue weighted by molar-refractivity contribution is -0.135. The van der Waals surface area contributed by atoms with Crippen LogP contribution < -0.4 is 10.6 Å². The minimum absolute atomic E-state index is 0.0654. The van der Waals surface area contributed by atoms with Crippen LogP contribution in [0.25, 0.3) is 0 Å². The Morgan fingerprint density at radius 2 is 1.67 bits per heavy atom. The minimum Gasteiger partial charge on any atom is -0.338 e. The van der Waals surface area contributed by atoms with E-state index >= 15 is 0 Å². The number of rotatable bonds is 5. The van der Waals surface area contributed by atoms with Crippen LogP contribution in [0.4, 0.5) is 4.79 Å². The fourth-order valence-corrected chi connectivity index (χ4v) is 3.57. The number of hydrogen-bond acceptors (Lipinski definition) is 3. The number of urea groups is 1. The summed E-state index contributed by atoms with van der Waals surface area (Å²) in [6.45, 7) is 7.46. The van der Waals surface area contributed by atoms with Gasteiger partial charge in [-0.2, -0.15) is 0 Å². The molecular weight excluding hydrogens is 304 g/mol. The third-order valence-electron chi connectivity index (χ3n) is 5.07. The molecule has 0 aromatic carbocycles. The summed E-state index contributed by atoms with van der Waals surface area (Å²) < 4.78 is 0. The molecule has 2 aliphatic rings. The Bertz CT molecular complexity index is 413. The van der Waals surface area contributed by atoms with Crippen molar-refractivity contribution in [1.29, 1.82) is 0 Å². The van der Waals surface area contributed by atoms with Crippen molar-refractivity contribution in [3.8, 4) is 0 Å². The summed E-state index contributed by atoms with van der Waals surface area (Å²) in [6, 6.07) is -0.343. The Kier molecular flexibility index (Phi) is 7.34. The predicted molar refractivity (Wildman–Crippen MR) is 95.9 cm³/mol. The topological polar surface area (TPSA) is 64.7 Å². The molecule has 0 aromatic rings. The summed E-state index contributed by atoms with van der Waals surface area (Å²) >= 11 is 0. The lowest BCUT2D eigenvalue weighted by Gasteiger charge is -2.35. The summed E-state index contributed by atoms with van der Waals surface area (Å²) in [5.74, 6) is 0.428. The molecule has 138 valence electrons. The molecule has 1 aliphatic heterocycles. The fraction of sp³-hybridized carbons (Fsp3) is 0.889. The van der Waals surface area contributed by atoms with E-state index in [0.29, 0.717) is 12.3 Å². The number of nitrogens with one attached hydrogen (secondary N) is 2. The quantitative estimate of drug-likeness (QED) is 0.803. The number of likely N-dealkylation sites (N-methyl/N-ethyl adjacent to an activating group) is 1. The second kappa shape index (κ2) is 9.25. The van der Waals surface area contributed by atoms with Gasteiger partial charge in [0.1, 0.15) is 6.04 Å². The lowest BCUT2D eigenvalue weighted by atomic mass is 9.96. The highest BCUT2D eigenvalue weighted by Gasteiger charge is 2.29. The summed E-state index contributed by atoms with van der Waals surface area (Å²) in [6.07, 6.45) is 6.41. The standard InChI is InChI=1S/C18H34N4O2/c1-14(2)13-16(17(23)22-11-9-21(3)10-12-22)20-18(24)19-15-7-5-4-6-8-15/h14-16H,4-13H2,1-3H3,(H2,19,20,24)/t16-/m1/s1. The zero-order valence-electron chi connectivity index (χ0n) is 15.5. The van der Waals surface area contributed by atoms with Crippen molar-refractivity contribution in [3.05, 3.63) is 0 Å². The van der Waals surface area contributed by atoms with Crippen molar-refractivity contribution in [2.24, 2.45) is 5.92 Å². The summed E-state index contributed by atoms with van der Waals surface area (Å²) in [5.41, 5.74) is 0. The van der Waals surface area contributed by atoms with Gasteiger partial charge in [-0.15, -0.1) is 0 Å². The molecule has 1 saturated carbocycles. The van der Waals surface area contributed by atoms with E-state index in [1.54, 1.807) is 0 Å². The monoisotopic (exact) mass is 338 g/mol. The number of amides is 3. The van der Waals surface area contributed by atoms with Crippen LogP contribution in [-0.4, -0.2) is 67.0 Å². The number of carbonyl (C=O) groups is 2. The second-order valence-corrected chi connectivity index (χ2v) is 7.76. The Balaban J connectivity index is 1.88. The maximum atomic E-state index is 12.8. The van der Waals surface area contributed by atoms with Crippen molar-refractivity contribution in [1.82, 2.24) is 20.4 Å². The molecule has 3 amide bonds. The summed E-state index contributed by atoms with van der Waals surface area (Å²) in [7, 11) is 2.07. The van der Waals surface area contributed by atoms with Gasteiger partial charge < -0.3 is 20.4 Å². The zero-order valence-corrected chi connectivity index (χ0v) is 15.5. The van der Waals surface area contributed by atoms with Gasteiger partial charge in [0, 0.05) is 32.2 Å². The van der Waals surface area contributed by atoms with E-state index in [2.05, 4.69) is 36.4 Å². The van der Waals surface area contributed by atoms with E-state index in [-0.39, 0.29) is 18.0 Å². The van der Waals surface area contributed by atoms with E-state index in [1.165, 1.54) is 19.3 Å². The van der Waals surface area contributed by atoms with Crippen molar-refractivity contribution < 1.29 is 9.59 Å². The predicted octanol–water partition coefficient (Wildman–Crippen LogP) is 1.81. The Hall–Kier alpha value is -1.30. The van der Waals surface area contributed by atoms with Crippen LogP contribution in [-0.2, 0) is 4.79 Å². The number of nitrogens with zero attached hydrogens (tertiary/aromatic N) is 2. The second-order valence-electron chi connectivity index (χ2n) is 7.76. The highest BCUT2D eigenvalue weighted by Crippen LogP contribution is 2.17. The first kappa shape index (κ1) is 19.0. The molecular formula is C18H34N4O2. The molecule has 0 radical (unpaired) electrons. The molecule has 1 saturated heterocycles.